The summed E-state index contributed by atoms with van der Waals surface area (Å²) in [4.78, 5) is 21.7. The molecule has 0 spiro atoms. The molecule has 0 radical (unpaired) electrons. The minimum absolute atomic E-state index is 0.0732. The number of ether oxygens (including phenoxy) is 2. The Balaban J connectivity index is 1.44. The van der Waals surface area contributed by atoms with E-state index in [0.29, 0.717) is 18.0 Å². The van der Waals surface area contributed by atoms with Crippen molar-refractivity contribution in [2.45, 2.75) is 26.3 Å². The maximum atomic E-state index is 12.6. The molecule has 1 aliphatic rings. The van der Waals surface area contributed by atoms with Gasteiger partial charge >= 0.3 is 0 Å². The molecule has 0 saturated carbocycles. The van der Waals surface area contributed by atoms with Crippen LogP contribution in [0.2, 0.25) is 0 Å². The highest BCUT2D eigenvalue weighted by Gasteiger charge is 2.26. The highest BCUT2D eigenvalue weighted by atomic mass is 32.1. The molecule has 1 fully saturated rings. The molecule has 1 saturated heterocycles. The van der Waals surface area contributed by atoms with Crippen LogP contribution in [0.4, 0.5) is 5.13 Å². The molecule has 8 heteroatoms. The smallest absolute Gasteiger partial charge is 0.237 e. The van der Waals surface area contributed by atoms with Gasteiger partial charge in [0.1, 0.15) is 0 Å². The molecular formula is C21H30N4O3S. The number of aromatic nitrogens is 1. The second-order valence-corrected chi connectivity index (χ2v) is 8.04. The molecule has 1 aromatic heterocycles. The van der Waals surface area contributed by atoms with E-state index in [1.54, 1.807) is 25.6 Å². The van der Waals surface area contributed by atoms with Crippen LogP contribution in [0, 0.1) is 6.92 Å². The number of anilines is 1. The summed E-state index contributed by atoms with van der Waals surface area (Å²) in [6.45, 7) is 8.12. The fourth-order valence-electron chi connectivity index (χ4n) is 3.47. The molecule has 1 atom stereocenters. The lowest BCUT2D eigenvalue weighted by atomic mass is 10.1. The van der Waals surface area contributed by atoms with Crippen molar-refractivity contribution in [1.29, 1.82) is 0 Å². The molecule has 2 heterocycles. The molecular weight excluding hydrogens is 388 g/mol. The Hall–Kier alpha value is -2.32. The first-order valence-corrected chi connectivity index (χ1v) is 10.8. The highest BCUT2D eigenvalue weighted by Crippen LogP contribution is 2.27. The summed E-state index contributed by atoms with van der Waals surface area (Å²) in [6, 6.07) is 5.70. The summed E-state index contributed by atoms with van der Waals surface area (Å²) in [6.07, 6.45) is 0.746. The van der Waals surface area contributed by atoms with Gasteiger partial charge in [-0.05, 0) is 38.0 Å². The first-order chi connectivity index (χ1) is 14.0. The number of nitrogens with one attached hydrogen (secondary N) is 1. The van der Waals surface area contributed by atoms with Crippen LogP contribution in [-0.4, -0.2) is 68.8 Å². The molecule has 2 aromatic rings. The fraction of sp³-hybridized carbons (Fsp3) is 0.524. The normalized spacial score (nSPS) is 15.8. The third-order valence-electron chi connectivity index (χ3n) is 5.28. The monoisotopic (exact) mass is 418 g/mol. The molecule has 0 aliphatic carbocycles. The molecule has 158 valence electrons. The van der Waals surface area contributed by atoms with Gasteiger partial charge in [-0.3, -0.25) is 9.69 Å². The van der Waals surface area contributed by atoms with Crippen LogP contribution in [0.15, 0.2) is 23.6 Å². The third-order valence-corrected chi connectivity index (χ3v) is 6.30. The topological polar surface area (TPSA) is 66.9 Å². The average molecular weight is 419 g/mol. The average Bonchev–Trinajstić information content (AvgIpc) is 3.19. The van der Waals surface area contributed by atoms with Crippen molar-refractivity contribution in [3.05, 3.63) is 34.8 Å². The fourth-order valence-corrected chi connectivity index (χ4v) is 4.32. The van der Waals surface area contributed by atoms with E-state index in [2.05, 4.69) is 25.5 Å². The van der Waals surface area contributed by atoms with E-state index in [-0.39, 0.29) is 11.9 Å². The van der Waals surface area contributed by atoms with Crippen LogP contribution in [0.3, 0.4) is 0 Å². The third kappa shape index (κ3) is 5.39. The molecule has 1 unspecified atom stereocenters. The second kappa shape index (κ2) is 9.93. The Morgan fingerprint density at radius 1 is 1.21 bits per heavy atom. The van der Waals surface area contributed by atoms with Crippen LogP contribution in [0.1, 0.15) is 18.2 Å². The largest absolute Gasteiger partial charge is 0.493 e. The molecule has 29 heavy (non-hydrogen) atoms. The number of carbonyl (C=O) groups excluding carboxylic acids is 1. The molecule has 3 rings (SSSR count). The molecule has 1 N–H and O–H groups in total. The van der Waals surface area contributed by atoms with Gasteiger partial charge in [0.25, 0.3) is 0 Å². The minimum Gasteiger partial charge on any atom is -0.493 e. The Kier molecular flexibility index (Phi) is 7.33. The van der Waals surface area contributed by atoms with Crippen molar-refractivity contribution < 1.29 is 14.3 Å². The van der Waals surface area contributed by atoms with Gasteiger partial charge in [0, 0.05) is 38.1 Å². The summed E-state index contributed by atoms with van der Waals surface area (Å²) in [5.41, 5.74) is 2.16. The second-order valence-electron chi connectivity index (χ2n) is 7.20. The molecule has 7 nitrogen and oxygen atoms in total. The van der Waals surface area contributed by atoms with E-state index in [4.69, 9.17) is 9.47 Å². The summed E-state index contributed by atoms with van der Waals surface area (Å²) < 4.78 is 10.6. The zero-order valence-corrected chi connectivity index (χ0v) is 18.4. The van der Waals surface area contributed by atoms with Crippen LogP contribution < -0.4 is 19.7 Å². The van der Waals surface area contributed by atoms with Gasteiger partial charge in [-0.1, -0.05) is 6.07 Å². The molecule has 0 bridgehead atoms. The number of methoxy groups -OCH3 is 2. The quantitative estimate of drug-likeness (QED) is 0.710. The maximum absolute atomic E-state index is 12.6. The zero-order valence-electron chi connectivity index (χ0n) is 17.6. The van der Waals surface area contributed by atoms with E-state index in [0.717, 1.165) is 49.0 Å². The number of thiazole rings is 1. The number of piperazine rings is 1. The Bertz CT molecular complexity index is 818. The highest BCUT2D eigenvalue weighted by molar-refractivity contribution is 7.13. The van der Waals surface area contributed by atoms with Crippen molar-refractivity contribution in [3.63, 3.8) is 0 Å². The molecule has 1 amide bonds. The number of rotatable bonds is 8. The van der Waals surface area contributed by atoms with E-state index in [1.165, 1.54) is 0 Å². The van der Waals surface area contributed by atoms with E-state index in [9.17, 15) is 4.79 Å². The Morgan fingerprint density at radius 3 is 2.55 bits per heavy atom. The van der Waals surface area contributed by atoms with E-state index in [1.807, 2.05) is 32.0 Å². The summed E-state index contributed by atoms with van der Waals surface area (Å²) in [7, 11) is 3.25. The van der Waals surface area contributed by atoms with Crippen molar-refractivity contribution in [2.24, 2.45) is 0 Å². The summed E-state index contributed by atoms with van der Waals surface area (Å²) in [5, 5.41) is 6.22. The van der Waals surface area contributed by atoms with Crippen molar-refractivity contribution >= 4 is 22.4 Å². The van der Waals surface area contributed by atoms with Crippen LogP contribution in [0.25, 0.3) is 0 Å². The number of nitrogens with zero attached hydrogens (tertiary/aromatic N) is 3. The lowest BCUT2D eigenvalue weighted by molar-refractivity contribution is -0.125. The van der Waals surface area contributed by atoms with Crippen LogP contribution in [-0.2, 0) is 11.2 Å². The number of amides is 1. The Morgan fingerprint density at radius 2 is 1.93 bits per heavy atom. The van der Waals surface area contributed by atoms with Crippen molar-refractivity contribution in [3.8, 4) is 11.5 Å². The standard InChI is InChI=1S/C21H30N4O3S/c1-15-14-29-21(23-15)25-11-9-24(10-12-25)16(2)20(26)22-8-7-17-5-6-18(27-3)19(13-17)28-4/h5-6,13-14,16H,7-12H2,1-4H3,(H,22,26). The molecule has 1 aromatic carbocycles. The van der Waals surface area contributed by atoms with E-state index >= 15 is 0 Å². The first kappa shape index (κ1) is 21.4. The Labute approximate surface area is 176 Å². The zero-order chi connectivity index (χ0) is 20.8. The number of aryl methyl sites for hydroxylation is 1. The SMILES string of the molecule is COc1ccc(CCNC(=O)C(C)N2CCN(c3nc(C)cs3)CC2)cc1OC. The number of benzene rings is 1. The van der Waals surface area contributed by atoms with Gasteiger partial charge in [0.15, 0.2) is 16.6 Å². The maximum Gasteiger partial charge on any atom is 0.237 e. The van der Waals surface area contributed by atoms with Crippen LogP contribution in [0.5, 0.6) is 11.5 Å². The first-order valence-electron chi connectivity index (χ1n) is 9.91. The summed E-state index contributed by atoms with van der Waals surface area (Å²) in [5.74, 6) is 1.49. The van der Waals surface area contributed by atoms with Gasteiger partial charge in [-0.15, -0.1) is 11.3 Å². The van der Waals surface area contributed by atoms with Gasteiger partial charge < -0.3 is 19.7 Å². The number of hydrogen-bond acceptors (Lipinski definition) is 7. The predicted molar refractivity (Wildman–Crippen MR) is 116 cm³/mol. The van der Waals surface area contributed by atoms with Crippen molar-refractivity contribution in [2.75, 3.05) is 51.8 Å². The van der Waals surface area contributed by atoms with Crippen LogP contribution >= 0.6 is 11.3 Å². The van der Waals surface area contributed by atoms with Gasteiger partial charge in [0.2, 0.25) is 5.91 Å². The lowest BCUT2D eigenvalue weighted by Gasteiger charge is -2.37. The molecule has 1 aliphatic heterocycles. The number of hydrogen-bond donors (Lipinski definition) is 1. The lowest BCUT2D eigenvalue weighted by Crippen LogP contribution is -2.54. The predicted octanol–water partition coefficient (Wildman–Crippen LogP) is 2.34. The summed E-state index contributed by atoms with van der Waals surface area (Å²) >= 11 is 1.69. The van der Waals surface area contributed by atoms with Gasteiger partial charge in [-0.25, -0.2) is 4.98 Å². The number of carbonyl (C=O) groups is 1. The minimum atomic E-state index is -0.138. The van der Waals surface area contributed by atoms with Gasteiger partial charge in [-0.2, -0.15) is 0 Å². The van der Waals surface area contributed by atoms with Gasteiger partial charge in [0.05, 0.1) is 26.0 Å². The van der Waals surface area contributed by atoms with Crippen molar-refractivity contribution in [1.82, 2.24) is 15.2 Å². The van der Waals surface area contributed by atoms with E-state index < -0.39 is 0 Å².